The van der Waals surface area contributed by atoms with Crippen LogP contribution in [0.3, 0.4) is 0 Å². The van der Waals surface area contributed by atoms with Gasteiger partial charge in [0.15, 0.2) is 0 Å². The van der Waals surface area contributed by atoms with Crippen LogP contribution in [0.1, 0.15) is 15.9 Å². The minimum Gasteiger partial charge on any atom is -0.497 e. The molecule has 114 valence electrons. The lowest BCUT2D eigenvalue weighted by Gasteiger charge is -2.07. The SMILES string of the molecule is COc1cc(C#N)cc(NC(=O)c2csc3c(Cl)ncnc23)c1. The van der Waals surface area contributed by atoms with Crippen molar-refractivity contribution >= 4 is 44.7 Å². The van der Waals surface area contributed by atoms with Gasteiger partial charge in [0.1, 0.15) is 17.2 Å². The first-order chi connectivity index (χ1) is 11.1. The molecule has 1 N–H and O–H groups in total. The molecule has 0 bridgehead atoms. The van der Waals surface area contributed by atoms with Gasteiger partial charge in [0, 0.05) is 17.1 Å². The molecule has 0 saturated heterocycles. The quantitative estimate of drug-likeness (QED) is 0.735. The molecule has 0 spiro atoms. The summed E-state index contributed by atoms with van der Waals surface area (Å²) in [6, 6.07) is 6.81. The van der Waals surface area contributed by atoms with E-state index in [1.807, 2.05) is 6.07 Å². The fourth-order valence-corrected chi connectivity index (χ4v) is 3.18. The second-order valence-electron chi connectivity index (χ2n) is 4.51. The number of ether oxygens (including phenoxy) is 1. The van der Waals surface area contributed by atoms with E-state index in [1.54, 1.807) is 23.6 Å². The number of aromatic nitrogens is 2. The zero-order valence-corrected chi connectivity index (χ0v) is 13.4. The van der Waals surface area contributed by atoms with E-state index in [1.165, 1.54) is 24.8 Å². The van der Waals surface area contributed by atoms with Gasteiger partial charge in [-0.3, -0.25) is 4.79 Å². The van der Waals surface area contributed by atoms with E-state index in [0.29, 0.717) is 37.9 Å². The molecule has 23 heavy (non-hydrogen) atoms. The average Bonchev–Trinajstić information content (AvgIpc) is 3.00. The lowest BCUT2D eigenvalue weighted by atomic mass is 10.2. The highest BCUT2D eigenvalue weighted by atomic mass is 35.5. The van der Waals surface area contributed by atoms with Crippen LogP contribution >= 0.6 is 22.9 Å². The molecule has 3 aromatic rings. The van der Waals surface area contributed by atoms with Crippen LogP contribution in [0.2, 0.25) is 5.15 Å². The Labute approximate surface area is 140 Å². The number of fused-ring (bicyclic) bond motifs is 1. The van der Waals surface area contributed by atoms with Crippen molar-refractivity contribution < 1.29 is 9.53 Å². The highest BCUT2D eigenvalue weighted by Gasteiger charge is 2.16. The number of halogens is 1. The van der Waals surface area contributed by atoms with Crippen LogP contribution in [0, 0.1) is 11.3 Å². The van der Waals surface area contributed by atoms with E-state index in [9.17, 15) is 4.79 Å². The van der Waals surface area contributed by atoms with Gasteiger partial charge in [-0.2, -0.15) is 5.26 Å². The molecule has 0 atom stereocenters. The maximum atomic E-state index is 12.5. The summed E-state index contributed by atoms with van der Waals surface area (Å²) in [5, 5.41) is 13.7. The van der Waals surface area contributed by atoms with Crippen molar-refractivity contribution in [1.82, 2.24) is 9.97 Å². The fourth-order valence-electron chi connectivity index (χ4n) is 2.04. The van der Waals surface area contributed by atoms with Gasteiger partial charge < -0.3 is 10.1 Å². The summed E-state index contributed by atoms with van der Waals surface area (Å²) >= 11 is 7.29. The summed E-state index contributed by atoms with van der Waals surface area (Å²) in [6.07, 6.45) is 1.31. The van der Waals surface area contributed by atoms with Gasteiger partial charge >= 0.3 is 0 Å². The maximum Gasteiger partial charge on any atom is 0.258 e. The number of amides is 1. The van der Waals surface area contributed by atoms with Crippen LogP contribution < -0.4 is 10.1 Å². The smallest absolute Gasteiger partial charge is 0.258 e. The summed E-state index contributed by atoms with van der Waals surface area (Å²) in [6.45, 7) is 0. The Hall–Kier alpha value is -2.69. The molecule has 0 aliphatic heterocycles. The Balaban J connectivity index is 1.95. The van der Waals surface area contributed by atoms with Crippen molar-refractivity contribution in [2.24, 2.45) is 0 Å². The van der Waals surface area contributed by atoms with Crippen molar-refractivity contribution in [3.63, 3.8) is 0 Å². The summed E-state index contributed by atoms with van der Waals surface area (Å²) in [5.74, 6) is 0.142. The van der Waals surface area contributed by atoms with Crippen LogP contribution in [-0.4, -0.2) is 23.0 Å². The predicted octanol–water partition coefficient (Wildman–Crippen LogP) is 3.48. The molecule has 0 aliphatic rings. The largest absolute Gasteiger partial charge is 0.497 e. The van der Waals surface area contributed by atoms with Crippen LogP contribution in [0.15, 0.2) is 29.9 Å². The number of hydrogen-bond donors (Lipinski definition) is 1. The Morgan fingerprint density at radius 2 is 2.22 bits per heavy atom. The van der Waals surface area contributed by atoms with Crippen molar-refractivity contribution in [3.05, 3.63) is 46.2 Å². The van der Waals surface area contributed by atoms with E-state index in [4.69, 9.17) is 21.6 Å². The topological polar surface area (TPSA) is 87.9 Å². The Bertz CT molecular complexity index is 948. The van der Waals surface area contributed by atoms with Gasteiger partial charge in [-0.05, 0) is 12.1 Å². The van der Waals surface area contributed by atoms with Crippen molar-refractivity contribution in [2.75, 3.05) is 12.4 Å². The van der Waals surface area contributed by atoms with Gasteiger partial charge in [-0.25, -0.2) is 9.97 Å². The number of rotatable bonds is 3. The number of anilines is 1. The molecule has 0 radical (unpaired) electrons. The fraction of sp³-hybridized carbons (Fsp3) is 0.0667. The maximum absolute atomic E-state index is 12.5. The minimum absolute atomic E-state index is 0.312. The number of methoxy groups -OCH3 is 1. The summed E-state index contributed by atoms with van der Waals surface area (Å²) < 4.78 is 5.77. The van der Waals surface area contributed by atoms with Crippen LogP contribution in [0.25, 0.3) is 10.2 Å². The van der Waals surface area contributed by atoms with Crippen LogP contribution in [0.4, 0.5) is 5.69 Å². The number of carbonyl (C=O) groups excluding carboxylic acids is 1. The van der Waals surface area contributed by atoms with E-state index >= 15 is 0 Å². The number of nitrogens with zero attached hydrogens (tertiary/aromatic N) is 3. The van der Waals surface area contributed by atoms with Crippen molar-refractivity contribution in [1.29, 1.82) is 5.26 Å². The molecule has 6 nitrogen and oxygen atoms in total. The molecule has 0 fully saturated rings. The second kappa shape index (κ2) is 6.20. The van der Waals surface area contributed by atoms with E-state index < -0.39 is 0 Å². The molecule has 1 amide bonds. The molecule has 0 unspecified atom stereocenters. The molecule has 2 aromatic heterocycles. The van der Waals surface area contributed by atoms with Crippen LogP contribution in [-0.2, 0) is 0 Å². The lowest BCUT2D eigenvalue weighted by Crippen LogP contribution is -2.12. The molecule has 0 saturated carbocycles. The summed E-state index contributed by atoms with van der Waals surface area (Å²) in [7, 11) is 1.49. The molecular formula is C15H9ClN4O2S. The third kappa shape index (κ3) is 2.95. The summed E-state index contributed by atoms with van der Waals surface area (Å²) in [4.78, 5) is 20.5. The number of hydrogen-bond acceptors (Lipinski definition) is 6. The van der Waals surface area contributed by atoms with Gasteiger partial charge in [0.2, 0.25) is 0 Å². The Morgan fingerprint density at radius 3 is 2.96 bits per heavy atom. The number of thiophene rings is 1. The molecule has 1 aromatic carbocycles. The standard InChI is InChI=1S/C15H9ClN4O2S/c1-22-10-3-8(5-17)2-9(4-10)20-15(21)11-6-23-13-12(11)18-7-19-14(13)16/h2-4,6-7H,1H3,(H,20,21). The monoisotopic (exact) mass is 344 g/mol. The number of carbonyl (C=O) groups is 1. The second-order valence-corrected chi connectivity index (χ2v) is 5.75. The Kier molecular flexibility index (Phi) is 4.10. The predicted molar refractivity (Wildman–Crippen MR) is 88.1 cm³/mol. The van der Waals surface area contributed by atoms with E-state index in [2.05, 4.69) is 15.3 Å². The number of nitriles is 1. The van der Waals surface area contributed by atoms with Gasteiger partial charge in [0.05, 0.1) is 34.5 Å². The van der Waals surface area contributed by atoms with Gasteiger partial charge in [0.25, 0.3) is 5.91 Å². The first-order valence-corrected chi connectivity index (χ1v) is 7.66. The minimum atomic E-state index is -0.344. The zero-order chi connectivity index (χ0) is 16.4. The molecule has 3 rings (SSSR count). The number of benzene rings is 1. The molecule has 8 heteroatoms. The first kappa shape index (κ1) is 15.2. The lowest BCUT2D eigenvalue weighted by molar-refractivity contribution is 0.102. The van der Waals surface area contributed by atoms with Crippen molar-refractivity contribution in [3.8, 4) is 11.8 Å². The van der Waals surface area contributed by atoms with Gasteiger partial charge in [-0.1, -0.05) is 11.6 Å². The van der Waals surface area contributed by atoms with E-state index in [-0.39, 0.29) is 5.91 Å². The zero-order valence-electron chi connectivity index (χ0n) is 11.8. The van der Waals surface area contributed by atoms with Crippen molar-refractivity contribution in [2.45, 2.75) is 0 Å². The molecule has 2 heterocycles. The van der Waals surface area contributed by atoms with E-state index in [0.717, 1.165) is 0 Å². The Morgan fingerprint density at radius 1 is 1.39 bits per heavy atom. The normalized spacial score (nSPS) is 10.3. The van der Waals surface area contributed by atoms with Crippen LogP contribution in [0.5, 0.6) is 5.75 Å². The molecular weight excluding hydrogens is 336 g/mol. The number of nitrogens with one attached hydrogen (secondary N) is 1. The highest BCUT2D eigenvalue weighted by Crippen LogP contribution is 2.29. The highest BCUT2D eigenvalue weighted by molar-refractivity contribution is 7.18. The third-order valence-corrected chi connectivity index (χ3v) is 4.46. The molecule has 0 aliphatic carbocycles. The first-order valence-electron chi connectivity index (χ1n) is 6.40. The third-order valence-electron chi connectivity index (χ3n) is 3.08. The van der Waals surface area contributed by atoms with Gasteiger partial charge in [-0.15, -0.1) is 11.3 Å². The summed E-state index contributed by atoms with van der Waals surface area (Å²) in [5.41, 5.74) is 1.75. The average molecular weight is 345 g/mol.